The smallest absolute Gasteiger partial charge is 0.271 e. The standard InChI is InChI=1S/C22H25N3O2.ClH/c1-23-11-10-18-19-14-17(27-2)8-9-20(19)25-13-12-24(22(26)21(18)25)15-16-6-4-3-5-7-16;/h3-9,14,23H,10-13,15H2,1-2H3;1H. The van der Waals surface area contributed by atoms with Crippen LogP contribution in [0.5, 0.6) is 5.75 Å². The number of ether oxygens (including phenoxy) is 1. The summed E-state index contributed by atoms with van der Waals surface area (Å²) < 4.78 is 7.60. The summed E-state index contributed by atoms with van der Waals surface area (Å²) in [5.74, 6) is 0.941. The van der Waals surface area contributed by atoms with Crippen LogP contribution in [0.25, 0.3) is 10.9 Å². The van der Waals surface area contributed by atoms with E-state index < -0.39 is 0 Å². The van der Waals surface area contributed by atoms with Gasteiger partial charge >= 0.3 is 0 Å². The highest BCUT2D eigenvalue weighted by Crippen LogP contribution is 2.33. The van der Waals surface area contributed by atoms with E-state index in [1.165, 1.54) is 0 Å². The third-order valence-corrected chi connectivity index (χ3v) is 5.30. The van der Waals surface area contributed by atoms with Crippen molar-refractivity contribution in [3.05, 3.63) is 65.4 Å². The van der Waals surface area contributed by atoms with Crippen LogP contribution in [0.2, 0.25) is 0 Å². The Balaban J connectivity index is 0.00000225. The number of fused-ring (bicyclic) bond motifs is 3. The van der Waals surface area contributed by atoms with Crippen molar-refractivity contribution in [2.75, 3.05) is 27.2 Å². The first-order chi connectivity index (χ1) is 13.2. The molecule has 28 heavy (non-hydrogen) atoms. The SMILES string of the molecule is CNCCc1c2n(c3ccc(OC)cc13)CCN(Cc1ccccc1)C2=O.Cl. The molecule has 0 spiro atoms. The molecule has 6 heteroatoms. The number of nitrogens with one attached hydrogen (secondary N) is 1. The summed E-state index contributed by atoms with van der Waals surface area (Å²) in [6.45, 7) is 3.02. The number of hydrogen-bond acceptors (Lipinski definition) is 3. The Hall–Kier alpha value is -2.50. The Morgan fingerprint density at radius 2 is 1.89 bits per heavy atom. The van der Waals surface area contributed by atoms with Gasteiger partial charge in [0, 0.05) is 30.5 Å². The van der Waals surface area contributed by atoms with E-state index in [0.717, 1.165) is 59.5 Å². The molecule has 3 aromatic rings. The van der Waals surface area contributed by atoms with Crippen molar-refractivity contribution in [3.8, 4) is 5.75 Å². The van der Waals surface area contributed by atoms with Gasteiger partial charge in [-0.1, -0.05) is 30.3 Å². The molecule has 1 aliphatic rings. The summed E-state index contributed by atoms with van der Waals surface area (Å²) >= 11 is 0. The summed E-state index contributed by atoms with van der Waals surface area (Å²) in [7, 11) is 3.62. The molecule has 0 saturated heterocycles. The quantitative estimate of drug-likeness (QED) is 0.690. The summed E-state index contributed by atoms with van der Waals surface area (Å²) in [5, 5.41) is 4.33. The molecule has 0 aliphatic carbocycles. The normalized spacial score (nSPS) is 13.4. The fourth-order valence-electron chi connectivity index (χ4n) is 3.94. The van der Waals surface area contributed by atoms with Crippen molar-refractivity contribution in [1.29, 1.82) is 0 Å². The lowest BCUT2D eigenvalue weighted by Crippen LogP contribution is -2.40. The van der Waals surface area contributed by atoms with Gasteiger partial charge in [0.2, 0.25) is 0 Å². The van der Waals surface area contributed by atoms with Gasteiger partial charge in [0.15, 0.2) is 0 Å². The van der Waals surface area contributed by atoms with Gasteiger partial charge in [-0.25, -0.2) is 0 Å². The van der Waals surface area contributed by atoms with Gasteiger partial charge in [0.1, 0.15) is 11.4 Å². The van der Waals surface area contributed by atoms with E-state index in [0.29, 0.717) is 6.54 Å². The maximum absolute atomic E-state index is 13.4. The fraction of sp³-hybridized carbons (Fsp3) is 0.318. The zero-order valence-electron chi connectivity index (χ0n) is 16.3. The van der Waals surface area contributed by atoms with Crippen LogP contribution in [0.15, 0.2) is 48.5 Å². The molecule has 0 saturated carbocycles. The highest BCUT2D eigenvalue weighted by molar-refractivity contribution is 6.02. The maximum Gasteiger partial charge on any atom is 0.271 e. The number of likely N-dealkylation sites (N-methyl/N-ethyl adjacent to an activating group) is 1. The zero-order chi connectivity index (χ0) is 18.8. The zero-order valence-corrected chi connectivity index (χ0v) is 17.1. The van der Waals surface area contributed by atoms with E-state index in [9.17, 15) is 4.79 Å². The van der Waals surface area contributed by atoms with Crippen LogP contribution in [0.3, 0.4) is 0 Å². The molecule has 0 fully saturated rings. The van der Waals surface area contributed by atoms with Crippen LogP contribution >= 0.6 is 12.4 Å². The van der Waals surface area contributed by atoms with Gasteiger partial charge < -0.3 is 19.5 Å². The number of hydrogen-bond donors (Lipinski definition) is 1. The Kier molecular flexibility index (Phi) is 6.27. The molecule has 0 bridgehead atoms. The average molecular weight is 400 g/mol. The van der Waals surface area contributed by atoms with Gasteiger partial charge in [-0.05, 0) is 49.3 Å². The largest absolute Gasteiger partial charge is 0.497 e. The minimum atomic E-state index is 0. The van der Waals surface area contributed by atoms with Gasteiger partial charge in [-0.15, -0.1) is 12.4 Å². The highest BCUT2D eigenvalue weighted by atomic mass is 35.5. The number of amides is 1. The first kappa shape index (κ1) is 20.2. The van der Waals surface area contributed by atoms with Crippen LogP contribution in [0, 0.1) is 0 Å². The summed E-state index contributed by atoms with van der Waals surface area (Å²) in [6, 6.07) is 16.3. The molecule has 5 nitrogen and oxygen atoms in total. The van der Waals surface area contributed by atoms with Crippen molar-refractivity contribution in [2.24, 2.45) is 0 Å². The highest BCUT2D eigenvalue weighted by Gasteiger charge is 2.30. The average Bonchev–Trinajstić information content (AvgIpc) is 3.02. The monoisotopic (exact) mass is 399 g/mol. The Morgan fingerprint density at radius 3 is 2.61 bits per heavy atom. The van der Waals surface area contributed by atoms with E-state index in [1.807, 2.05) is 36.2 Å². The van der Waals surface area contributed by atoms with Crippen LogP contribution < -0.4 is 10.1 Å². The number of aromatic nitrogens is 1. The second-order valence-corrected chi connectivity index (χ2v) is 6.93. The van der Waals surface area contributed by atoms with Gasteiger partial charge in [0.25, 0.3) is 5.91 Å². The third kappa shape index (κ3) is 3.60. The molecule has 1 amide bonds. The first-order valence-electron chi connectivity index (χ1n) is 9.40. The number of rotatable bonds is 6. The molecular formula is C22H26ClN3O2. The number of methoxy groups -OCH3 is 1. The number of carbonyl (C=O) groups is 1. The number of carbonyl (C=O) groups excluding carboxylic acids is 1. The van der Waals surface area contributed by atoms with E-state index in [4.69, 9.17) is 4.74 Å². The molecule has 148 valence electrons. The fourth-order valence-corrected chi connectivity index (χ4v) is 3.94. The van der Waals surface area contributed by atoms with E-state index in [-0.39, 0.29) is 18.3 Å². The molecule has 1 N–H and O–H groups in total. The minimum absolute atomic E-state index is 0. The minimum Gasteiger partial charge on any atom is -0.497 e. The number of benzene rings is 2. The molecule has 2 heterocycles. The number of nitrogens with zero attached hydrogens (tertiary/aromatic N) is 2. The van der Waals surface area contributed by atoms with E-state index >= 15 is 0 Å². The van der Waals surface area contributed by atoms with Crippen LogP contribution in [-0.2, 0) is 19.5 Å². The number of halogens is 1. The Bertz CT molecular complexity index is 969. The lowest BCUT2D eigenvalue weighted by Gasteiger charge is -2.29. The Morgan fingerprint density at radius 1 is 1.11 bits per heavy atom. The molecule has 2 aromatic carbocycles. The molecule has 0 unspecified atom stereocenters. The van der Waals surface area contributed by atoms with Gasteiger partial charge in [-0.3, -0.25) is 4.79 Å². The molecule has 4 rings (SSSR count). The van der Waals surface area contributed by atoms with Crippen molar-refractivity contribution >= 4 is 29.2 Å². The molecular weight excluding hydrogens is 374 g/mol. The van der Waals surface area contributed by atoms with E-state index in [1.54, 1.807) is 7.11 Å². The van der Waals surface area contributed by atoms with Crippen molar-refractivity contribution in [2.45, 2.75) is 19.5 Å². The van der Waals surface area contributed by atoms with Crippen LogP contribution in [-0.4, -0.2) is 42.6 Å². The third-order valence-electron chi connectivity index (χ3n) is 5.30. The molecule has 0 atom stereocenters. The van der Waals surface area contributed by atoms with Crippen molar-refractivity contribution < 1.29 is 9.53 Å². The predicted molar refractivity (Wildman–Crippen MR) is 115 cm³/mol. The second kappa shape index (κ2) is 8.67. The summed E-state index contributed by atoms with van der Waals surface area (Å²) in [6.07, 6.45) is 0.813. The van der Waals surface area contributed by atoms with Gasteiger partial charge in [0.05, 0.1) is 7.11 Å². The molecule has 1 aromatic heterocycles. The lowest BCUT2D eigenvalue weighted by molar-refractivity contribution is 0.0691. The molecule has 1 aliphatic heterocycles. The Labute approximate surface area is 171 Å². The lowest BCUT2D eigenvalue weighted by atomic mass is 10.1. The van der Waals surface area contributed by atoms with Crippen molar-refractivity contribution in [1.82, 2.24) is 14.8 Å². The second-order valence-electron chi connectivity index (χ2n) is 6.93. The first-order valence-corrected chi connectivity index (χ1v) is 9.40. The summed E-state index contributed by atoms with van der Waals surface area (Å²) in [4.78, 5) is 15.3. The summed E-state index contributed by atoms with van der Waals surface area (Å²) in [5.41, 5.74) is 4.22. The van der Waals surface area contributed by atoms with Gasteiger partial charge in [-0.2, -0.15) is 0 Å². The van der Waals surface area contributed by atoms with E-state index in [2.05, 4.69) is 34.1 Å². The van der Waals surface area contributed by atoms with Crippen molar-refractivity contribution in [3.63, 3.8) is 0 Å². The predicted octanol–water partition coefficient (Wildman–Crippen LogP) is 3.49. The van der Waals surface area contributed by atoms with Crippen LogP contribution in [0.1, 0.15) is 21.6 Å². The maximum atomic E-state index is 13.4. The van der Waals surface area contributed by atoms with Crippen LogP contribution in [0.4, 0.5) is 0 Å². The molecule has 0 radical (unpaired) electrons. The topological polar surface area (TPSA) is 46.5 Å².